The Labute approximate surface area is 159 Å². The fraction of sp³-hybridized carbons (Fsp3) is 0.300. The topological polar surface area (TPSA) is 96.3 Å². The van der Waals surface area contributed by atoms with Gasteiger partial charge in [-0.1, -0.05) is 48.0 Å². The molecule has 0 amide bonds. The third-order valence-corrected chi connectivity index (χ3v) is 5.68. The van der Waals surface area contributed by atoms with Crippen LogP contribution in [-0.2, 0) is 25.0 Å². The van der Waals surface area contributed by atoms with Crippen molar-refractivity contribution < 1.29 is 17.9 Å². The third kappa shape index (κ3) is 4.73. The molecule has 0 aliphatic carbocycles. The number of sulfonamides is 1. The normalized spacial score (nSPS) is 13.4. The lowest BCUT2D eigenvalue weighted by Gasteiger charge is -2.25. The van der Waals surface area contributed by atoms with E-state index < -0.39 is 21.4 Å². The van der Waals surface area contributed by atoms with Crippen molar-refractivity contribution in [2.24, 2.45) is 0 Å². The van der Waals surface area contributed by atoms with Gasteiger partial charge in [-0.15, -0.1) is 0 Å². The quantitative estimate of drug-likeness (QED) is 0.704. The summed E-state index contributed by atoms with van der Waals surface area (Å²) in [5.41, 5.74) is -0.156. The zero-order valence-electron chi connectivity index (χ0n) is 15.3. The molecule has 7 heteroatoms. The van der Waals surface area contributed by atoms with Gasteiger partial charge in [-0.25, -0.2) is 17.9 Å². The summed E-state index contributed by atoms with van der Waals surface area (Å²) in [6.45, 7) is 3.57. The number of rotatable bonds is 8. The molecule has 0 aromatic heterocycles. The Bertz CT molecular complexity index is 919. The number of nitrogens with zero attached hydrogens (tertiary/aromatic N) is 1. The lowest BCUT2D eigenvalue weighted by Crippen LogP contribution is -2.40. The molecule has 6 nitrogen and oxygen atoms in total. The van der Waals surface area contributed by atoms with Gasteiger partial charge in [-0.2, -0.15) is 5.26 Å². The minimum absolute atomic E-state index is 0.0442. The maximum atomic E-state index is 12.5. The molecule has 1 atom stereocenters. The van der Waals surface area contributed by atoms with Crippen molar-refractivity contribution in [2.45, 2.75) is 30.6 Å². The smallest absolute Gasteiger partial charge is 0.331 e. The van der Waals surface area contributed by atoms with Crippen LogP contribution in [0.3, 0.4) is 0 Å². The standard InChI is InChI=1S/C20H22N2O4S/c1-3-26-19(23)20(15-21,17-7-5-4-6-8-17)13-14-22-27(24,25)18-11-9-16(2)10-12-18/h4-12,22H,3,13-14H2,1-2H3. The Balaban J connectivity index is 2.23. The summed E-state index contributed by atoms with van der Waals surface area (Å²) in [5.74, 6) is -0.687. The zero-order valence-corrected chi connectivity index (χ0v) is 16.1. The van der Waals surface area contributed by atoms with E-state index in [0.29, 0.717) is 5.56 Å². The fourth-order valence-corrected chi connectivity index (χ4v) is 3.71. The van der Waals surface area contributed by atoms with Crippen LogP contribution in [0.4, 0.5) is 0 Å². The minimum Gasteiger partial charge on any atom is -0.465 e. The average molecular weight is 386 g/mol. The van der Waals surface area contributed by atoms with Gasteiger partial charge in [0, 0.05) is 6.54 Å². The number of esters is 1. The molecule has 2 aromatic carbocycles. The van der Waals surface area contributed by atoms with Crippen molar-refractivity contribution in [3.05, 3.63) is 65.7 Å². The molecule has 0 radical (unpaired) electrons. The number of nitrogens with one attached hydrogen (secondary N) is 1. The van der Waals surface area contributed by atoms with E-state index in [4.69, 9.17) is 4.74 Å². The fourth-order valence-electron chi connectivity index (χ4n) is 2.68. The van der Waals surface area contributed by atoms with Crippen molar-refractivity contribution in [1.82, 2.24) is 4.72 Å². The first-order valence-electron chi connectivity index (χ1n) is 8.56. The Morgan fingerprint density at radius 2 is 1.78 bits per heavy atom. The van der Waals surface area contributed by atoms with Crippen molar-refractivity contribution >= 4 is 16.0 Å². The van der Waals surface area contributed by atoms with Gasteiger partial charge in [0.2, 0.25) is 10.0 Å². The van der Waals surface area contributed by atoms with Gasteiger partial charge in [0.15, 0.2) is 5.41 Å². The van der Waals surface area contributed by atoms with Crippen molar-refractivity contribution in [2.75, 3.05) is 13.2 Å². The van der Waals surface area contributed by atoms with E-state index in [-0.39, 0.29) is 24.5 Å². The maximum absolute atomic E-state index is 12.5. The molecule has 0 aliphatic heterocycles. The van der Waals surface area contributed by atoms with Crippen LogP contribution >= 0.6 is 0 Å². The monoisotopic (exact) mass is 386 g/mol. The van der Waals surface area contributed by atoms with E-state index in [2.05, 4.69) is 4.72 Å². The van der Waals surface area contributed by atoms with E-state index in [1.165, 1.54) is 12.1 Å². The Morgan fingerprint density at radius 3 is 2.33 bits per heavy atom. The molecule has 1 unspecified atom stereocenters. The van der Waals surface area contributed by atoms with Crippen LogP contribution < -0.4 is 4.72 Å². The second-order valence-electron chi connectivity index (χ2n) is 6.06. The molecule has 2 rings (SSSR count). The molecular weight excluding hydrogens is 364 g/mol. The highest BCUT2D eigenvalue weighted by molar-refractivity contribution is 7.89. The lowest BCUT2D eigenvalue weighted by atomic mass is 9.79. The first kappa shape index (κ1) is 20.6. The highest BCUT2D eigenvalue weighted by Gasteiger charge is 2.42. The Hall–Kier alpha value is -2.69. The molecule has 142 valence electrons. The number of hydrogen-bond acceptors (Lipinski definition) is 5. The van der Waals surface area contributed by atoms with Gasteiger partial charge in [0.05, 0.1) is 17.6 Å². The Morgan fingerprint density at radius 1 is 1.15 bits per heavy atom. The predicted octanol–water partition coefficient (Wildman–Crippen LogP) is 2.69. The number of carbonyl (C=O) groups is 1. The van der Waals surface area contributed by atoms with Crippen LogP contribution in [0, 0.1) is 18.3 Å². The number of ether oxygens (including phenoxy) is 1. The molecule has 2 aromatic rings. The summed E-state index contributed by atoms with van der Waals surface area (Å²) in [5, 5.41) is 9.78. The van der Waals surface area contributed by atoms with Crippen LogP contribution in [-0.4, -0.2) is 27.5 Å². The van der Waals surface area contributed by atoms with Crippen LogP contribution in [0.25, 0.3) is 0 Å². The van der Waals surface area contributed by atoms with Gasteiger partial charge in [-0.3, -0.25) is 0 Å². The van der Waals surface area contributed by atoms with Crippen LogP contribution in [0.15, 0.2) is 59.5 Å². The predicted molar refractivity (Wildman–Crippen MR) is 101 cm³/mol. The van der Waals surface area contributed by atoms with Gasteiger partial charge in [0.25, 0.3) is 0 Å². The number of benzene rings is 2. The highest BCUT2D eigenvalue weighted by Crippen LogP contribution is 2.29. The number of nitriles is 1. The largest absolute Gasteiger partial charge is 0.465 e. The maximum Gasteiger partial charge on any atom is 0.331 e. The van der Waals surface area contributed by atoms with Crippen LogP contribution in [0.1, 0.15) is 24.5 Å². The summed E-state index contributed by atoms with van der Waals surface area (Å²) in [7, 11) is -3.74. The second-order valence-corrected chi connectivity index (χ2v) is 7.83. The molecule has 0 saturated heterocycles. The van der Waals surface area contributed by atoms with E-state index in [9.17, 15) is 18.5 Å². The summed E-state index contributed by atoms with van der Waals surface area (Å²) in [4.78, 5) is 12.7. The number of carbonyl (C=O) groups excluding carboxylic acids is 1. The highest BCUT2D eigenvalue weighted by atomic mass is 32.2. The molecule has 0 heterocycles. The van der Waals surface area contributed by atoms with Gasteiger partial charge in [-0.05, 0) is 38.0 Å². The van der Waals surface area contributed by atoms with E-state index >= 15 is 0 Å². The SMILES string of the molecule is CCOC(=O)C(C#N)(CCNS(=O)(=O)c1ccc(C)cc1)c1ccccc1. The summed E-state index contributed by atoms with van der Waals surface area (Å²) < 4.78 is 32.4. The molecular formula is C20H22N2O4S. The molecule has 0 spiro atoms. The van der Waals surface area contributed by atoms with Gasteiger partial charge < -0.3 is 4.74 Å². The lowest BCUT2D eigenvalue weighted by molar-refractivity contribution is -0.148. The van der Waals surface area contributed by atoms with Crippen molar-refractivity contribution in [3.63, 3.8) is 0 Å². The third-order valence-electron chi connectivity index (χ3n) is 4.20. The van der Waals surface area contributed by atoms with E-state index in [0.717, 1.165) is 5.56 Å². The van der Waals surface area contributed by atoms with Crippen molar-refractivity contribution in [1.29, 1.82) is 5.26 Å². The molecule has 0 fully saturated rings. The Kier molecular flexibility index (Phi) is 6.72. The van der Waals surface area contributed by atoms with Crippen molar-refractivity contribution in [3.8, 4) is 6.07 Å². The summed E-state index contributed by atoms with van der Waals surface area (Å²) in [6, 6.07) is 17.0. The number of hydrogen-bond donors (Lipinski definition) is 1. The summed E-state index contributed by atoms with van der Waals surface area (Å²) in [6.07, 6.45) is -0.0442. The molecule has 0 aliphatic rings. The van der Waals surface area contributed by atoms with E-state index in [1.807, 2.05) is 13.0 Å². The van der Waals surface area contributed by atoms with Gasteiger partial charge >= 0.3 is 5.97 Å². The van der Waals surface area contributed by atoms with Gasteiger partial charge in [0.1, 0.15) is 0 Å². The minimum atomic E-state index is -3.74. The average Bonchev–Trinajstić information content (AvgIpc) is 2.66. The van der Waals surface area contributed by atoms with Crippen LogP contribution in [0.2, 0.25) is 0 Å². The second kappa shape index (κ2) is 8.80. The number of aryl methyl sites for hydroxylation is 1. The molecule has 27 heavy (non-hydrogen) atoms. The molecule has 1 N–H and O–H groups in total. The summed E-state index contributed by atoms with van der Waals surface area (Å²) >= 11 is 0. The van der Waals surface area contributed by atoms with E-state index in [1.54, 1.807) is 49.4 Å². The first-order chi connectivity index (χ1) is 12.9. The molecule has 0 saturated carbocycles. The zero-order chi connectivity index (χ0) is 19.9. The first-order valence-corrected chi connectivity index (χ1v) is 10.0. The van der Waals surface area contributed by atoms with Crippen LogP contribution in [0.5, 0.6) is 0 Å². The molecule has 0 bridgehead atoms.